The maximum Gasteiger partial charge on any atom is 0.469 e. The van der Waals surface area contributed by atoms with E-state index in [1.807, 2.05) is 6.07 Å². The second kappa shape index (κ2) is 9.15. The molecule has 4 rings (SSSR count). The molecule has 15 heteroatoms. The number of nitrogens with zero attached hydrogens (tertiary/aromatic N) is 4. The molecule has 0 radical (unpaired) electrons. The topological polar surface area (TPSA) is 192 Å². The third-order valence-corrected chi connectivity index (χ3v) is 6.40. The summed E-state index contributed by atoms with van der Waals surface area (Å²) < 4.78 is 23.1. The number of halogens is 1. The lowest BCUT2D eigenvalue weighted by Gasteiger charge is -2.16. The highest BCUT2D eigenvalue weighted by Crippen LogP contribution is 2.39. The molecular formula is C17H19IN5O8P. The number of benzene rings is 1. The summed E-state index contributed by atoms with van der Waals surface area (Å²) in [6.45, 7) is -0.348. The molecule has 0 aliphatic carbocycles. The van der Waals surface area contributed by atoms with Crippen molar-refractivity contribution < 1.29 is 38.9 Å². The normalized spacial score (nSPS) is 23.7. The zero-order valence-corrected chi connectivity index (χ0v) is 19.2. The number of phenolic OH excluding ortho intramolecular Hbond substituents is 1. The Labute approximate surface area is 194 Å². The molecule has 2 aromatic heterocycles. The van der Waals surface area contributed by atoms with E-state index in [9.17, 15) is 19.9 Å². The van der Waals surface area contributed by atoms with Crippen molar-refractivity contribution >= 4 is 47.4 Å². The van der Waals surface area contributed by atoms with Gasteiger partial charge in [0.05, 0.1) is 12.9 Å². The first kappa shape index (κ1) is 23.3. The van der Waals surface area contributed by atoms with Gasteiger partial charge in [-0.3, -0.25) is 9.09 Å². The average molecular weight is 579 g/mol. The van der Waals surface area contributed by atoms with E-state index in [4.69, 9.17) is 14.5 Å². The van der Waals surface area contributed by atoms with Gasteiger partial charge in [0.15, 0.2) is 23.2 Å². The van der Waals surface area contributed by atoms with Crippen molar-refractivity contribution in [2.75, 3.05) is 11.9 Å². The molecule has 6 N–H and O–H groups in total. The molecule has 1 aliphatic heterocycles. The van der Waals surface area contributed by atoms with Crippen molar-refractivity contribution in [1.82, 2.24) is 19.5 Å². The molecule has 1 saturated heterocycles. The Morgan fingerprint density at radius 3 is 2.72 bits per heavy atom. The molecule has 0 amide bonds. The predicted octanol–water partition coefficient (Wildman–Crippen LogP) is 0.477. The van der Waals surface area contributed by atoms with E-state index in [0.29, 0.717) is 22.5 Å². The van der Waals surface area contributed by atoms with Crippen LogP contribution >= 0.6 is 30.4 Å². The number of imidazole rings is 1. The first-order chi connectivity index (χ1) is 15.2. The van der Waals surface area contributed by atoms with Crippen LogP contribution in [0.2, 0.25) is 0 Å². The molecule has 0 unspecified atom stereocenters. The summed E-state index contributed by atoms with van der Waals surface area (Å²) in [5.74, 6) is 0.516. The Morgan fingerprint density at radius 1 is 1.22 bits per heavy atom. The van der Waals surface area contributed by atoms with Crippen molar-refractivity contribution in [1.29, 1.82) is 0 Å². The van der Waals surface area contributed by atoms with Crippen LogP contribution in [0.15, 0.2) is 30.9 Å². The van der Waals surface area contributed by atoms with E-state index in [1.54, 1.807) is 12.1 Å². The van der Waals surface area contributed by atoms with Crippen LogP contribution in [-0.2, 0) is 20.4 Å². The van der Waals surface area contributed by atoms with Gasteiger partial charge in [-0.05, 0) is 34.7 Å². The summed E-state index contributed by atoms with van der Waals surface area (Å²) >= 11 is 2.11. The first-order valence-corrected chi connectivity index (χ1v) is 11.9. The number of nitrogens with one attached hydrogen (secondary N) is 1. The number of phosphoric ester groups is 1. The molecular weight excluding hydrogens is 560 g/mol. The minimum Gasteiger partial charge on any atom is -0.508 e. The second-order valence-corrected chi connectivity index (χ2v) is 9.37. The Morgan fingerprint density at radius 2 is 2.00 bits per heavy atom. The molecule has 32 heavy (non-hydrogen) atoms. The number of ether oxygens (including phenoxy) is 1. The van der Waals surface area contributed by atoms with Gasteiger partial charge in [0, 0.05) is 15.7 Å². The van der Waals surface area contributed by atoms with Crippen molar-refractivity contribution in [3.63, 3.8) is 0 Å². The summed E-state index contributed by atoms with van der Waals surface area (Å²) in [7, 11) is -4.77. The van der Waals surface area contributed by atoms with E-state index in [2.05, 4.69) is 47.4 Å². The monoisotopic (exact) mass is 579 g/mol. The Balaban J connectivity index is 1.56. The number of hydrogen-bond donors (Lipinski definition) is 6. The van der Waals surface area contributed by atoms with Crippen LogP contribution in [0.4, 0.5) is 5.82 Å². The van der Waals surface area contributed by atoms with Gasteiger partial charge in [0.1, 0.15) is 30.4 Å². The van der Waals surface area contributed by atoms with Crippen LogP contribution in [-0.4, -0.2) is 69.5 Å². The van der Waals surface area contributed by atoms with Gasteiger partial charge in [-0.2, -0.15) is 0 Å². The summed E-state index contributed by atoms with van der Waals surface area (Å²) in [6, 6.07) is 5.18. The quantitative estimate of drug-likeness (QED) is 0.168. The smallest absolute Gasteiger partial charge is 0.469 e. The molecule has 1 aliphatic rings. The van der Waals surface area contributed by atoms with Crippen molar-refractivity contribution in [2.45, 2.75) is 31.1 Å². The Bertz CT molecular complexity index is 1150. The number of aromatic nitrogens is 4. The van der Waals surface area contributed by atoms with Crippen LogP contribution in [0, 0.1) is 3.57 Å². The lowest BCUT2D eigenvalue weighted by atomic mass is 10.1. The fraction of sp³-hybridized carbons (Fsp3) is 0.353. The molecule has 1 aromatic carbocycles. The Kier molecular flexibility index (Phi) is 6.65. The first-order valence-electron chi connectivity index (χ1n) is 9.25. The lowest BCUT2D eigenvalue weighted by Crippen LogP contribution is -2.33. The third-order valence-electron chi connectivity index (χ3n) is 4.90. The predicted molar refractivity (Wildman–Crippen MR) is 117 cm³/mol. The van der Waals surface area contributed by atoms with Crippen LogP contribution in [0.25, 0.3) is 11.2 Å². The highest BCUT2D eigenvalue weighted by Gasteiger charge is 2.45. The number of phenols is 1. The zero-order chi connectivity index (χ0) is 23.0. The number of rotatable bonds is 7. The second-order valence-electron chi connectivity index (χ2n) is 6.97. The molecule has 0 spiro atoms. The maximum atomic E-state index is 10.9. The molecule has 1 fully saturated rings. The van der Waals surface area contributed by atoms with Gasteiger partial charge in [0.2, 0.25) is 0 Å². The van der Waals surface area contributed by atoms with Crippen LogP contribution in [0.5, 0.6) is 5.75 Å². The van der Waals surface area contributed by atoms with Crippen LogP contribution < -0.4 is 5.32 Å². The van der Waals surface area contributed by atoms with Gasteiger partial charge in [0.25, 0.3) is 0 Å². The summed E-state index contributed by atoms with van der Waals surface area (Å²) in [6.07, 6.45) is -2.55. The van der Waals surface area contributed by atoms with E-state index in [1.165, 1.54) is 17.2 Å². The van der Waals surface area contributed by atoms with Gasteiger partial charge < -0.3 is 35.2 Å². The molecule has 172 valence electrons. The van der Waals surface area contributed by atoms with Crippen molar-refractivity contribution in [3.05, 3.63) is 40.0 Å². The Hall–Kier alpha value is -1.91. The molecule has 13 nitrogen and oxygen atoms in total. The van der Waals surface area contributed by atoms with Crippen LogP contribution in [0.3, 0.4) is 0 Å². The molecule has 0 bridgehead atoms. The number of hydrogen-bond acceptors (Lipinski definition) is 10. The number of fused-ring (bicyclic) bond motifs is 1. The fourth-order valence-corrected chi connectivity index (χ4v) is 4.34. The van der Waals surface area contributed by atoms with Gasteiger partial charge in [-0.15, -0.1) is 0 Å². The van der Waals surface area contributed by atoms with E-state index in [-0.39, 0.29) is 12.3 Å². The van der Waals surface area contributed by atoms with E-state index in [0.717, 1.165) is 3.57 Å². The minimum atomic E-state index is -4.77. The van der Waals surface area contributed by atoms with Gasteiger partial charge >= 0.3 is 7.82 Å². The van der Waals surface area contributed by atoms with Crippen molar-refractivity contribution in [2.24, 2.45) is 0 Å². The van der Waals surface area contributed by atoms with Crippen LogP contribution in [0.1, 0.15) is 11.8 Å². The summed E-state index contributed by atoms with van der Waals surface area (Å²) in [5, 5.41) is 33.8. The number of phosphoric acid groups is 1. The average Bonchev–Trinajstić information content (AvgIpc) is 3.27. The van der Waals surface area contributed by atoms with Crippen molar-refractivity contribution in [3.8, 4) is 5.75 Å². The molecule has 3 heterocycles. The largest absolute Gasteiger partial charge is 0.508 e. The summed E-state index contributed by atoms with van der Waals surface area (Å²) in [4.78, 5) is 30.3. The number of anilines is 1. The summed E-state index contributed by atoms with van der Waals surface area (Å²) in [5.41, 5.74) is 1.34. The molecule has 3 aromatic rings. The van der Waals surface area contributed by atoms with E-state index >= 15 is 0 Å². The SMILES string of the molecule is O=P(O)(O)OC[C@H]1O[C@@H](n2cnc3c(NCc4c(O)cccc4I)ncnc32)[C@H](O)[C@@H]1O. The third kappa shape index (κ3) is 4.72. The highest BCUT2D eigenvalue weighted by molar-refractivity contribution is 14.1. The zero-order valence-electron chi connectivity index (χ0n) is 16.2. The number of aliphatic hydroxyl groups is 2. The molecule has 4 atom stereocenters. The lowest BCUT2D eigenvalue weighted by molar-refractivity contribution is -0.0504. The van der Waals surface area contributed by atoms with Gasteiger partial charge in [-0.25, -0.2) is 19.5 Å². The highest BCUT2D eigenvalue weighted by atomic mass is 127. The standard InChI is InChI=1S/C17H19IN5O8P/c18-9-2-1-3-10(24)8(9)4-19-15-12-16(21-6-20-15)23(7-22-12)17-14(26)13(25)11(31-17)5-30-32(27,28)29/h1-3,6-7,11,13-14,17,24-26H,4-5H2,(H,19,20,21)(H2,27,28,29)/t11-,13-,14-,17-/m1/s1. The fourth-order valence-electron chi connectivity index (χ4n) is 3.33. The number of aromatic hydroxyl groups is 1. The molecule has 0 saturated carbocycles. The number of aliphatic hydroxyl groups excluding tert-OH is 2. The van der Waals surface area contributed by atoms with E-state index < -0.39 is 39.0 Å². The van der Waals surface area contributed by atoms with Gasteiger partial charge in [-0.1, -0.05) is 6.07 Å². The maximum absolute atomic E-state index is 10.9. The minimum absolute atomic E-state index is 0.139.